The van der Waals surface area contributed by atoms with Crippen molar-refractivity contribution < 1.29 is 4.79 Å². The van der Waals surface area contributed by atoms with Crippen LogP contribution in [0.5, 0.6) is 0 Å². The first kappa shape index (κ1) is 10.4. The van der Waals surface area contributed by atoms with Crippen LogP contribution in [0.3, 0.4) is 0 Å². The van der Waals surface area contributed by atoms with Crippen LogP contribution in [0.1, 0.15) is 61.4 Å². The molecule has 15 heavy (non-hydrogen) atoms. The van der Waals surface area contributed by atoms with Crippen LogP contribution in [0.2, 0.25) is 0 Å². The van der Waals surface area contributed by atoms with Gasteiger partial charge in [-0.1, -0.05) is 19.3 Å². The minimum absolute atomic E-state index is 0.0626. The van der Waals surface area contributed by atoms with Crippen LogP contribution >= 0.6 is 0 Å². The van der Waals surface area contributed by atoms with Crippen LogP contribution in [0.15, 0.2) is 6.20 Å². The Labute approximate surface area is 90.5 Å². The number of carbonyl (C=O) groups is 1. The highest BCUT2D eigenvalue weighted by Crippen LogP contribution is 2.29. The Morgan fingerprint density at radius 3 is 2.60 bits per heavy atom. The molecule has 1 aliphatic rings. The maximum atomic E-state index is 11.2. The molecule has 2 rings (SSSR count). The average Bonchev–Trinajstić information content (AvgIpc) is 2.62. The lowest BCUT2D eigenvalue weighted by Gasteiger charge is -2.23. The van der Waals surface area contributed by atoms with Crippen molar-refractivity contribution in [3.8, 4) is 0 Å². The van der Waals surface area contributed by atoms with Crippen molar-refractivity contribution in [1.29, 1.82) is 0 Å². The van der Waals surface area contributed by atoms with E-state index in [4.69, 9.17) is 0 Å². The SMILES string of the molecule is CC(=O)c1cn(C2CCCCC2)c(C)n1. The molecule has 1 fully saturated rings. The van der Waals surface area contributed by atoms with Crippen molar-refractivity contribution in [2.45, 2.75) is 52.0 Å². The van der Waals surface area contributed by atoms with E-state index in [0.29, 0.717) is 11.7 Å². The molecule has 1 aliphatic carbocycles. The number of Topliss-reactive ketones (excluding diaryl/α,β-unsaturated/α-hetero) is 1. The Morgan fingerprint density at radius 2 is 2.07 bits per heavy atom. The van der Waals surface area contributed by atoms with Crippen molar-refractivity contribution in [2.75, 3.05) is 0 Å². The molecule has 3 nitrogen and oxygen atoms in total. The molecular weight excluding hydrogens is 188 g/mol. The molecule has 0 bridgehead atoms. The monoisotopic (exact) mass is 206 g/mol. The Bertz CT molecular complexity index is 362. The summed E-state index contributed by atoms with van der Waals surface area (Å²) in [7, 11) is 0. The van der Waals surface area contributed by atoms with Gasteiger partial charge in [0.1, 0.15) is 11.5 Å². The van der Waals surface area contributed by atoms with Crippen LogP contribution in [0.4, 0.5) is 0 Å². The summed E-state index contributed by atoms with van der Waals surface area (Å²) < 4.78 is 2.19. The van der Waals surface area contributed by atoms with Crippen molar-refractivity contribution in [1.82, 2.24) is 9.55 Å². The van der Waals surface area contributed by atoms with E-state index in [-0.39, 0.29) is 5.78 Å². The molecule has 0 spiro atoms. The van der Waals surface area contributed by atoms with Gasteiger partial charge >= 0.3 is 0 Å². The molecule has 1 saturated carbocycles. The molecule has 0 unspecified atom stereocenters. The molecule has 0 aliphatic heterocycles. The van der Waals surface area contributed by atoms with Crippen molar-refractivity contribution in [3.05, 3.63) is 17.7 Å². The molecular formula is C12H18N2O. The van der Waals surface area contributed by atoms with Gasteiger partial charge in [-0.25, -0.2) is 4.98 Å². The average molecular weight is 206 g/mol. The fraction of sp³-hybridized carbons (Fsp3) is 0.667. The number of hydrogen-bond donors (Lipinski definition) is 0. The van der Waals surface area contributed by atoms with E-state index < -0.39 is 0 Å². The van der Waals surface area contributed by atoms with Crippen LogP contribution in [-0.4, -0.2) is 15.3 Å². The second kappa shape index (κ2) is 4.17. The number of aromatic nitrogens is 2. The largest absolute Gasteiger partial charge is 0.331 e. The molecule has 3 heteroatoms. The van der Waals surface area contributed by atoms with E-state index in [1.165, 1.54) is 32.1 Å². The Kier molecular flexibility index (Phi) is 2.89. The van der Waals surface area contributed by atoms with Gasteiger partial charge in [0.15, 0.2) is 5.78 Å². The summed E-state index contributed by atoms with van der Waals surface area (Å²) in [4.78, 5) is 15.5. The predicted octanol–water partition coefficient (Wildman–Crippen LogP) is 2.90. The molecule has 1 aromatic rings. The summed E-state index contributed by atoms with van der Waals surface area (Å²) in [5, 5.41) is 0. The van der Waals surface area contributed by atoms with E-state index in [1.54, 1.807) is 6.92 Å². The number of aryl methyl sites for hydroxylation is 1. The number of hydrogen-bond acceptors (Lipinski definition) is 2. The summed E-state index contributed by atoms with van der Waals surface area (Å²) in [6.45, 7) is 3.56. The van der Waals surface area contributed by atoms with Crippen LogP contribution < -0.4 is 0 Å². The summed E-state index contributed by atoms with van der Waals surface area (Å²) in [5.41, 5.74) is 0.609. The van der Waals surface area contributed by atoms with Gasteiger partial charge < -0.3 is 4.57 Å². The predicted molar refractivity (Wildman–Crippen MR) is 59.1 cm³/mol. The second-order valence-electron chi connectivity index (χ2n) is 4.43. The third-order valence-corrected chi connectivity index (χ3v) is 3.25. The lowest BCUT2D eigenvalue weighted by atomic mass is 9.95. The highest BCUT2D eigenvalue weighted by molar-refractivity contribution is 5.91. The first-order valence-electron chi connectivity index (χ1n) is 5.75. The van der Waals surface area contributed by atoms with Gasteiger partial charge in [0, 0.05) is 19.2 Å². The zero-order valence-corrected chi connectivity index (χ0v) is 9.49. The fourth-order valence-corrected chi connectivity index (χ4v) is 2.38. The summed E-state index contributed by atoms with van der Waals surface area (Å²) in [6.07, 6.45) is 8.34. The van der Waals surface area contributed by atoms with Gasteiger partial charge in [-0.05, 0) is 19.8 Å². The molecule has 82 valence electrons. The van der Waals surface area contributed by atoms with Crippen molar-refractivity contribution in [2.24, 2.45) is 0 Å². The highest BCUT2D eigenvalue weighted by Gasteiger charge is 2.18. The topological polar surface area (TPSA) is 34.9 Å². The first-order valence-corrected chi connectivity index (χ1v) is 5.75. The minimum atomic E-state index is 0.0626. The number of imidazole rings is 1. The van der Waals surface area contributed by atoms with E-state index in [2.05, 4.69) is 9.55 Å². The van der Waals surface area contributed by atoms with Crippen molar-refractivity contribution in [3.63, 3.8) is 0 Å². The quantitative estimate of drug-likeness (QED) is 0.697. The second-order valence-corrected chi connectivity index (χ2v) is 4.43. The Morgan fingerprint density at radius 1 is 1.40 bits per heavy atom. The van der Waals surface area contributed by atoms with Crippen LogP contribution in [-0.2, 0) is 0 Å². The molecule has 0 aromatic carbocycles. The molecule has 0 radical (unpaired) electrons. The number of rotatable bonds is 2. The zero-order chi connectivity index (χ0) is 10.8. The standard InChI is InChI=1S/C12H18N2O/c1-9(15)12-8-14(10(2)13-12)11-6-4-3-5-7-11/h8,11H,3-7H2,1-2H3. The Hall–Kier alpha value is -1.12. The number of ketones is 1. The molecule has 0 amide bonds. The normalized spacial score (nSPS) is 18.0. The third kappa shape index (κ3) is 2.11. The first-order chi connectivity index (χ1) is 7.18. The van der Waals surface area contributed by atoms with E-state index in [1.807, 2.05) is 13.1 Å². The number of nitrogens with zero attached hydrogens (tertiary/aromatic N) is 2. The van der Waals surface area contributed by atoms with Gasteiger partial charge in [0.2, 0.25) is 0 Å². The van der Waals surface area contributed by atoms with E-state index >= 15 is 0 Å². The van der Waals surface area contributed by atoms with Gasteiger partial charge in [-0.15, -0.1) is 0 Å². The lowest BCUT2D eigenvalue weighted by molar-refractivity contribution is 0.101. The maximum Gasteiger partial charge on any atom is 0.179 e. The van der Waals surface area contributed by atoms with Crippen LogP contribution in [0.25, 0.3) is 0 Å². The lowest BCUT2D eigenvalue weighted by Crippen LogP contribution is -2.13. The zero-order valence-electron chi connectivity index (χ0n) is 9.49. The van der Waals surface area contributed by atoms with Gasteiger partial charge in [-0.2, -0.15) is 0 Å². The summed E-state index contributed by atoms with van der Waals surface area (Å²) in [5.74, 6) is 1.04. The summed E-state index contributed by atoms with van der Waals surface area (Å²) in [6, 6.07) is 0.569. The van der Waals surface area contributed by atoms with Gasteiger partial charge in [0.25, 0.3) is 0 Å². The molecule has 1 aromatic heterocycles. The van der Waals surface area contributed by atoms with E-state index in [0.717, 1.165) is 5.82 Å². The van der Waals surface area contributed by atoms with Crippen LogP contribution in [0, 0.1) is 6.92 Å². The van der Waals surface area contributed by atoms with Crippen molar-refractivity contribution >= 4 is 5.78 Å². The fourth-order valence-electron chi connectivity index (χ4n) is 2.38. The molecule has 0 N–H and O–H groups in total. The Balaban J connectivity index is 2.22. The molecule has 1 heterocycles. The highest BCUT2D eigenvalue weighted by atomic mass is 16.1. The van der Waals surface area contributed by atoms with Gasteiger partial charge in [0.05, 0.1) is 0 Å². The van der Waals surface area contributed by atoms with E-state index in [9.17, 15) is 4.79 Å². The van der Waals surface area contributed by atoms with Gasteiger partial charge in [-0.3, -0.25) is 4.79 Å². The molecule has 0 atom stereocenters. The molecule has 0 saturated heterocycles. The third-order valence-electron chi connectivity index (χ3n) is 3.25. The maximum absolute atomic E-state index is 11.2. The number of carbonyl (C=O) groups excluding carboxylic acids is 1. The smallest absolute Gasteiger partial charge is 0.179 e. The summed E-state index contributed by atoms with van der Waals surface area (Å²) >= 11 is 0. The minimum Gasteiger partial charge on any atom is -0.331 e.